The Bertz CT molecular complexity index is 416. The summed E-state index contributed by atoms with van der Waals surface area (Å²) in [6.45, 7) is 1.18. The van der Waals surface area contributed by atoms with Crippen molar-refractivity contribution >= 4 is 21.6 Å². The molecule has 3 N–H and O–H groups in total. The van der Waals surface area contributed by atoms with Crippen molar-refractivity contribution in [1.29, 1.82) is 0 Å². The highest BCUT2D eigenvalue weighted by Gasteiger charge is 2.32. The van der Waals surface area contributed by atoms with Crippen LogP contribution in [0.4, 0.5) is 5.69 Å². The second-order valence-corrected chi connectivity index (χ2v) is 6.08. The predicted molar refractivity (Wildman–Crippen MR) is 78.7 cm³/mol. The van der Waals surface area contributed by atoms with Gasteiger partial charge in [0, 0.05) is 35.9 Å². The maximum atomic E-state index is 10.5. The molecule has 1 fully saturated rings. The maximum Gasteiger partial charge on any atom is 0.0821 e. The van der Waals surface area contributed by atoms with Gasteiger partial charge in [-0.25, -0.2) is 0 Å². The van der Waals surface area contributed by atoms with E-state index in [0.717, 1.165) is 41.4 Å². The summed E-state index contributed by atoms with van der Waals surface area (Å²) in [7, 11) is 2.03. The Hall–Kier alpha value is -0.580. The number of likely N-dealkylation sites (N-methyl/N-ethyl adjacent to an activating group) is 1. The number of rotatable bonds is 4. The van der Waals surface area contributed by atoms with Gasteiger partial charge in [-0.05, 0) is 25.0 Å². The molecule has 2 rings (SSSR count). The Kier molecular flexibility index (Phi) is 4.30. The fourth-order valence-electron chi connectivity index (χ4n) is 2.82. The minimum absolute atomic E-state index is 0.500. The third-order valence-electron chi connectivity index (χ3n) is 3.78. The summed E-state index contributed by atoms with van der Waals surface area (Å²) in [4.78, 5) is 2.12. The van der Waals surface area contributed by atoms with Crippen LogP contribution in [0.25, 0.3) is 0 Å². The van der Waals surface area contributed by atoms with E-state index in [0.29, 0.717) is 13.1 Å². The average Bonchev–Trinajstić information content (AvgIpc) is 2.75. The summed E-state index contributed by atoms with van der Waals surface area (Å²) in [6.07, 6.45) is 4.08. The van der Waals surface area contributed by atoms with Crippen LogP contribution in [0.5, 0.6) is 0 Å². The van der Waals surface area contributed by atoms with Crippen molar-refractivity contribution in [3.8, 4) is 0 Å². The number of nitrogens with zero attached hydrogens (tertiary/aromatic N) is 1. The molecule has 3 nitrogen and oxygen atoms in total. The molecule has 0 amide bonds. The Morgan fingerprint density at radius 2 is 2.06 bits per heavy atom. The van der Waals surface area contributed by atoms with Crippen LogP contribution in [0.3, 0.4) is 0 Å². The van der Waals surface area contributed by atoms with Crippen LogP contribution < -0.4 is 10.6 Å². The van der Waals surface area contributed by atoms with Crippen LogP contribution in [-0.4, -0.2) is 24.3 Å². The Morgan fingerprint density at radius 1 is 1.39 bits per heavy atom. The number of hydrogen-bond acceptors (Lipinski definition) is 3. The van der Waals surface area contributed by atoms with E-state index in [9.17, 15) is 5.11 Å². The molecule has 0 bridgehead atoms. The fourth-order valence-corrected chi connectivity index (χ4v) is 3.34. The lowest BCUT2D eigenvalue weighted by molar-refractivity contribution is 0.0559. The summed E-state index contributed by atoms with van der Waals surface area (Å²) in [5.41, 5.74) is 7.49. The number of anilines is 1. The van der Waals surface area contributed by atoms with Gasteiger partial charge in [0.2, 0.25) is 0 Å². The molecule has 0 aromatic heterocycles. The molecule has 100 valence electrons. The van der Waals surface area contributed by atoms with Crippen molar-refractivity contribution in [1.82, 2.24) is 0 Å². The number of benzene rings is 1. The molecule has 0 aliphatic heterocycles. The van der Waals surface area contributed by atoms with Crippen molar-refractivity contribution in [2.24, 2.45) is 5.73 Å². The molecule has 0 atom stereocenters. The maximum absolute atomic E-state index is 10.5. The molecule has 0 saturated heterocycles. The summed E-state index contributed by atoms with van der Waals surface area (Å²) in [6, 6.07) is 6.07. The quantitative estimate of drug-likeness (QED) is 0.898. The van der Waals surface area contributed by atoms with E-state index in [1.54, 1.807) is 0 Å². The molecule has 0 spiro atoms. The second kappa shape index (κ2) is 5.59. The van der Waals surface area contributed by atoms with Crippen molar-refractivity contribution in [3.05, 3.63) is 28.2 Å². The highest BCUT2D eigenvalue weighted by molar-refractivity contribution is 9.10. The molecule has 4 heteroatoms. The highest BCUT2D eigenvalue weighted by Crippen LogP contribution is 2.33. The van der Waals surface area contributed by atoms with E-state index >= 15 is 0 Å². The number of halogens is 1. The summed E-state index contributed by atoms with van der Waals surface area (Å²) in [5.74, 6) is 0. The number of aliphatic hydroxyl groups is 1. The standard InChI is InChI=1S/C14H21BrN2O/c1-17(10-14(18)7-2-3-8-14)13-6-4-5-12(15)11(13)9-16/h4-6,18H,2-3,7-10,16H2,1H3. The predicted octanol–water partition coefficient (Wildman–Crippen LogP) is 2.65. The molecule has 1 aromatic rings. The van der Waals surface area contributed by atoms with Crippen LogP contribution in [-0.2, 0) is 6.54 Å². The smallest absolute Gasteiger partial charge is 0.0821 e. The first-order valence-corrected chi connectivity index (χ1v) is 7.26. The van der Waals surface area contributed by atoms with Crippen LogP contribution in [0.15, 0.2) is 22.7 Å². The van der Waals surface area contributed by atoms with Crippen LogP contribution >= 0.6 is 15.9 Å². The van der Waals surface area contributed by atoms with E-state index in [2.05, 4.69) is 26.9 Å². The van der Waals surface area contributed by atoms with Crippen molar-refractivity contribution in [3.63, 3.8) is 0 Å². The molecule has 0 radical (unpaired) electrons. The first-order valence-electron chi connectivity index (χ1n) is 6.47. The van der Waals surface area contributed by atoms with Gasteiger partial charge in [0.25, 0.3) is 0 Å². The van der Waals surface area contributed by atoms with Crippen molar-refractivity contribution in [2.75, 3.05) is 18.5 Å². The third-order valence-corrected chi connectivity index (χ3v) is 4.52. The van der Waals surface area contributed by atoms with Gasteiger partial charge >= 0.3 is 0 Å². The molecular formula is C14H21BrN2O. The highest BCUT2D eigenvalue weighted by atomic mass is 79.9. The zero-order chi connectivity index (χ0) is 13.2. The van der Waals surface area contributed by atoms with Gasteiger partial charge in [-0.2, -0.15) is 0 Å². The largest absolute Gasteiger partial charge is 0.388 e. The van der Waals surface area contributed by atoms with Gasteiger partial charge in [-0.3, -0.25) is 0 Å². The molecule has 0 unspecified atom stereocenters. The van der Waals surface area contributed by atoms with Crippen molar-refractivity contribution in [2.45, 2.75) is 37.8 Å². The van der Waals surface area contributed by atoms with Crippen LogP contribution in [0, 0.1) is 0 Å². The molecular weight excluding hydrogens is 292 g/mol. The summed E-state index contributed by atoms with van der Waals surface area (Å²) < 4.78 is 1.03. The number of nitrogens with two attached hydrogens (primary N) is 1. The summed E-state index contributed by atoms with van der Waals surface area (Å²) in [5, 5.41) is 10.5. The topological polar surface area (TPSA) is 49.5 Å². The second-order valence-electron chi connectivity index (χ2n) is 5.23. The zero-order valence-corrected chi connectivity index (χ0v) is 12.4. The van der Waals surface area contributed by atoms with Gasteiger partial charge in [0.05, 0.1) is 5.60 Å². The van der Waals surface area contributed by atoms with Gasteiger partial charge in [-0.1, -0.05) is 34.8 Å². The van der Waals surface area contributed by atoms with Gasteiger partial charge in [0.15, 0.2) is 0 Å². The fraction of sp³-hybridized carbons (Fsp3) is 0.571. The van der Waals surface area contributed by atoms with E-state index in [4.69, 9.17) is 5.73 Å². The van der Waals surface area contributed by atoms with E-state index in [1.807, 2.05) is 19.2 Å². The number of hydrogen-bond donors (Lipinski definition) is 2. The monoisotopic (exact) mass is 312 g/mol. The Labute approximate surface area is 117 Å². The van der Waals surface area contributed by atoms with Gasteiger partial charge in [0.1, 0.15) is 0 Å². The Balaban J connectivity index is 2.18. The third kappa shape index (κ3) is 2.87. The molecule has 1 aliphatic carbocycles. The Morgan fingerprint density at radius 3 is 2.67 bits per heavy atom. The minimum Gasteiger partial charge on any atom is -0.388 e. The molecule has 18 heavy (non-hydrogen) atoms. The molecule has 1 aliphatic rings. The molecule has 0 heterocycles. The summed E-state index contributed by atoms with van der Waals surface area (Å²) >= 11 is 3.53. The van der Waals surface area contributed by atoms with Gasteiger partial charge < -0.3 is 15.7 Å². The lowest BCUT2D eigenvalue weighted by atomic mass is 10.0. The van der Waals surface area contributed by atoms with E-state index in [1.165, 1.54) is 0 Å². The minimum atomic E-state index is -0.525. The molecule has 1 saturated carbocycles. The van der Waals surface area contributed by atoms with Gasteiger partial charge in [-0.15, -0.1) is 0 Å². The van der Waals surface area contributed by atoms with E-state index < -0.39 is 5.60 Å². The lowest BCUT2D eigenvalue weighted by Gasteiger charge is -2.31. The first-order chi connectivity index (χ1) is 8.56. The normalized spacial score (nSPS) is 18.0. The average molecular weight is 313 g/mol. The lowest BCUT2D eigenvalue weighted by Crippen LogP contribution is -2.39. The van der Waals surface area contributed by atoms with Crippen molar-refractivity contribution < 1.29 is 5.11 Å². The molecule has 1 aromatic carbocycles. The first kappa shape index (κ1) is 13.8. The van der Waals surface area contributed by atoms with Crippen LogP contribution in [0.2, 0.25) is 0 Å². The van der Waals surface area contributed by atoms with E-state index in [-0.39, 0.29) is 0 Å². The SMILES string of the molecule is CN(CC1(O)CCCC1)c1cccc(Br)c1CN. The van der Waals surface area contributed by atoms with Crippen LogP contribution in [0.1, 0.15) is 31.2 Å². The zero-order valence-electron chi connectivity index (χ0n) is 10.8.